The highest BCUT2D eigenvalue weighted by Gasteiger charge is 2.36. The fraction of sp³-hybridized carbons (Fsp3) is 0.294. The number of hydrogen-bond acceptors (Lipinski definition) is 5. The molecule has 0 radical (unpaired) electrons. The number of aromatic carboxylic acids is 1. The van der Waals surface area contributed by atoms with Gasteiger partial charge in [0.2, 0.25) is 15.9 Å². The van der Waals surface area contributed by atoms with Crippen molar-refractivity contribution in [1.82, 2.24) is 9.71 Å². The Hall–Kier alpha value is -2.59. The lowest BCUT2D eigenvalue weighted by molar-refractivity contribution is 0.0690. The van der Waals surface area contributed by atoms with Crippen molar-refractivity contribution in [2.24, 2.45) is 5.92 Å². The summed E-state index contributed by atoms with van der Waals surface area (Å²) in [5, 5.41) is 8.95. The van der Waals surface area contributed by atoms with Gasteiger partial charge in [0.15, 0.2) is 11.6 Å². The van der Waals surface area contributed by atoms with E-state index in [1.807, 2.05) is 0 Å². The van der Waals surface area contributed by atoms with Gasteiger partial charge in [-0.15, -0.1) is 0 Å². The number of nitrogens with one attached hydrogen (secondary N) is 1. The zero-order valence-electron chi connectivity index (χ0n) is 14.1. The summed E-state index contributed by atoms with van der Waals surface area (Å²) >= 11 is 0. The van der Waals surface area contributed by atoms with Crippen LogP contribution in [0.5, 0.6) is 5.88 Å². The molecule has 144 valence electrons. The Morgan fingerprint density at radius 2 is 2.04 bits per heavy atom. The number of methoxy groups -OCH3 is 1. The predicted molar refractivity (Wildman–Crippen MR) is 89.9 cm³/mol. The van der Waals surface area contributed by atoms with E-state index in [0.29, 0.717) is 23.6 Å². The van der Waals surface area contributed by atoms with Crippen LogP contribution >= 0.6 is 0 Å². The summed E-state index contributed by atoms with van der Waals surface area (Å²) in [6.45, 7) is 0. The third kappa shape index (κ3) is 4.06. The van der Waals surface area contributed by atoms with E-state index in [4.69, 9.17) is 9.84 Å². The minimum atomic E-state index is -4.30. The number of ether oxygens (including phenoxy) is 1. The molecule has 0 saturated heterocycles. The molecule has 0 amide bonds. The van der Waals surface area contributed by atoms with Crippen molar-refractivity contribution < 1.29 is 31.8 Å². The predicted octanol–water partition coefficient (Wildman–Crippen LogP) is 2.50. The molecule has 0 bridgehead atoms. The van der Waals surface area contributed by atoms with E-state index in [1.165, 1.54) is 13.3 Å². The van der Waals surface area contributed by atoms with Crippen molar-refractivity contribution in [2.45, 2.75) is 23.8 Å². The molecule has 1 aliphatic carbocycles. The van der Waals surface area contributed by atoms with E-state index in [1.54, 1.807) is 12.1 Å². The number of benzene rings is 1. The lowest BCUT2D eigenvalue weighted by atomic mass is 10.1. The summed E-state index contributed by atoms with van der Waals surface area (Å²) in [6, 6.07) is 3.67. The second-order valence-corrected chi connectivity index (χ2v) is 7.86. The zero-order valence-corrected chi connectivity index (χ0v) is 15.0. The van der Waals surface area contributed by atoms with E-state index >= 15 is 0 Å². The molecular weight excluding hydrogens is 382 g/mol. The van der Waals surface area contributed by atoms with Crippen LogP contribution < -0.4 is 9.46 Å². The first-order valence-corrected chi connectivity index (χ1v) is 9.46. The van der Waals surface area contributed by atoms with E-state index in [0.717, 1.165) is 12.8 Å². The molecule has 1 aromatic carbocycles. The number of sulfonamides is 1. The Kier molecular flexibility index (Phi) is 5.11. The molecule has 1 atom stereocenters. The number of carboxylic acids is 1. The SMILES string of the molecule is COc1ccc(C(NS(=O)(=O)c2cc(F)c(F)c(C(=O)O)c2)C2CC2)cn1. The number of aromatic nitrogens is 1. The van der Waals surface area contributed by atoms with Gasteiger partial charge in [0.25, 0.3) is 0 Å². The number of rotatable bonds is 7. The van der Waals surface area contributed by atoms with E-state index < -0.39 is 44.1 Å². The fourth-order valence-corrected chi connectivity index (χ4v) is 4.00. The Morgan fingerprint density at radius 1 is 1.33 bits per heavy atom. The summed E-state index contributed by atoms with van der Waals surface area (Å²) in [6.07, 6.45) is 3.05. The second kappa shape index (κ2) is 7.20. The number of hydrogen-bond donors (Lipinski definition) is 2. The van der Waals surface area contributed by atoms with Crippen molar-refractivity contribution in [3.63, 3.8) is 0 Å². The molecule has 2 N–H and O–H groups in total. The molecule has 0 aliphatic heterocycles. The number of pyridine rings is 1. The Morgan fingerprint density at radius 3 is 2.56 bits per heavy atom. The third-order valence-corrected chi connectivity index (χ3v) is 5.67. The van der Waals surface area contributed by atoms with Gasteiger partial charge in [-0.2, -0.15) is 0 Å². The van der Waals surface area contributed by atoms with Crippen LogP contribution in [0.3, 0.4) is 0 Å². The van der Waals surface area contributed by atoms with Crippen LogP contribution in [0.2, 0.25) is 0 Å². The van der Waals surface area contributed by atoms with Crippen molar-refractivity contribution in [1.29, 1.82) is 0 Å². The minimum Gasteiger partial charge on any atom is -0.481 e. The Balaban J connectivity index is 1.95. The molecule has 1 unspecified atom stereocenters. The summed E-state index contributed by atoms with van der Waals surface area (Å²) in [5.41, 5.74) is -0.465. The standard InChI is InChI=1S/C17H16F2N2O5S/c1-26-14-5-4-10(8-20-14)16(9-2-3-9)21-27(24,25)11-6-12(17(22)23)15(19)13(18)7-11/h4-9,16,21H,2-3H2,1H3,(H,22,23). The monoisotopic (exact) mass is 398 g/mol. The minimum absolute atomic E-state index is 0.0270. The maximum absolute atomic E-state index is 13.7. The van der Waals surface area contributed by atoms with Gasteiger partial charge >= 0.3 is 5.97 Å². The highest BCUT2D eigenvalue weighted by Crippen LogP contribution is 2.41. The van der Waals surface area contributed by atoms with E-state index in [9.17, 15) is 22.0 Å². The second-order valence-electron chi connectivity index (χ2n) is 6.14. The van der Waals surface area contributed by atoms with Crippen LogP contribution in [-0.2, 0) is 10.0 Å². The molecule has 1 aliphatic rings. The first-order chi connectivity index (χ1) is 12.7. The summed E-state index contributed by atoms with van der Waals surface area (Å²) in [7, 11) is -2.85. The van der Waals surface area contributed by atoms with Crippen LogP contribution in [0.1, 0.15) is 34.8 Å². The first-order valence-electron chi connectivity index (χ1n) is 7.97. The smallest absolute Gasteiger partial charge is 0.338 e. The lowest BCUT2D eigenvalue weighted by Crippen LogP contribution is -2.30. The third-order valence-electron chi connectivity index (χ3n) is 4.25. The normalized spacial score (nSPS) is 15.4. The summed E-state index contributed by atoms with van der Waals surface area (Å²) < 4.78 is 60.0. The van der Waals surface area contributed by atoms with Gasteiger partial charge in [0, 0.05) is 12.3 Å². The molecule has 3 rings (SSSR count). The Bertz CT molecular complexity index is 976. The van der Waals surface area contributed by atoms with Gasteiger partial charge in [0.1, 0.15) is 0 Å². The van der Waals surface area contributed by atoms with Crippen molar-refractivity contribution >= 4 is 16.0 Å². The fourth-order valence-electron chi connectivity index (χ4n) is 2.67. The van der Waals surface area contributed by atoms with Crippen LogP contribution in [0.4, 0.5) is 8.78 Å². The van der Waals surface area contributed by atoms with Gasteiger partial charge in [0.05, 0.1) is 23.6 Å². The van der Waals surface area contributed by atoms with Gasteiger partial charge < -0.3 is 9.84 Å². The molecule has 0 spiro atoms. The number of nitrogens with zero attached hydrogens (tertiary/aromatic N) is 1. The van der Waals surface area contributed by atoms with Crippen LogP contribution in [0, 0.1) is 17.6 Å². The van der Waals surface area contributed by atoms with Gasteiger partial charge in [-0.1, -0.05) is 6.07 Å². The van der Waals surface area contributed by atoms with Gasteiger partial charge in [-0.3, -0.25) is 0 Å². The lowest BCUT2D eigenvalue weighted by Gasteiger charge is -2.19. The molecular formula is C17H16F2N2O5S. The quantitative estimate of drug-likeness (QED) is 0.742. The number of carboxylic acid groups (broad SMARTS) is 1. The van der Waals surface area contributed by atoms with E-state index in [-0.39, 0.29) is 5.92 Å². The molecule has 7 nitrogen and oxygen atoms in total. The van der Waals surface area contributed by atoms with Gasteiger partial charge in [-0.05, 0) is 36.5 Å². The number of halogens is 2. The topological polar surface area (TPSA) is 106 Å². The molecule has 1 aromatic heterocycles. The van der Waals surface area contributed by atoms with Gasteiger partial charge in [-0.25, -0.2) is 31.7 Å². The first kappa shape index (κ1) is 19.2. The van der Waals surface area contributed by atoms with Crippen LogP contribution in [0.15, 0.2) is 35.4 Å². The summed E-state index contributed by atoms with van der Waals surface area (Å²) in [4.78, 5) is 14.4. The van der Waals surface area contributed by atoms with Crippen LogP contribution in [-0.4, -0.2) is 31.6 Å². The van der Waals surface area contributed by atoms with Crippen LogP contribution in [0.25, 0.3) is 0 Å². The highest BCUT2D eigenvalue weighted by atomic mass is 32.2. The molecule has 1 saturated carbocycles. The molecule has 1 heterocycles. The average molecular weight is 398 g/mol. The Labute approximate surface area is 154 Å². The zero-order chi connectivity index (χ0) is 19.8. The molecule has 2 aromatic rings. The molecule has 1 fully saturated rings. The maximum atomic E-state index is 13.7. The molecule has 10 heteroatoms. The van der Waals surface area contributed by atoms with E-state index in [2.05, 4.69) is 9.71 Å². The van der Waals surface area contributed by atoms with Crippen molar-refractivity contribution in [3.8, 4) is 5.88 Å². The maximum Gasteiger partial charge on any atom is 0.338 e. The molecule has 27 heavy (non-hydrogen) atoms. The number of carbonyl (C=O) groups is 1. The summed E-state index contributed by atoms with van der Waals surface area (Å²) in [5.74, 6) is -4.53. The van der Waals surface area contributed by atoms with Crippen molar-refractivity contribution in [3.05, 3.63) is 53.2 Å². The highest BCUT2D eigenvalue weighted by molar-refractivity contribution is 7.89. The average Bonchev–Trinajstić information content (AvgIpc) is 3.46. The largest absolute Gasteiger partial charge is 0.481 e. The van der Waals surface area contributed by atoms with Crippen molar-refractivity contribution in [2.75, 3.05) is 7.11 Å².